The second-order valence-corrected chi connectivity index (χ2v) is 8.89. The molecule has 3 atom stereocenters. The van der Waals surface area contributed by atoms with Gasteiger partial charge in [0.15, 0.2) is 0 Å². The van der Waals surface area contributed by atoms with Gasteiger partial charge in [-0.15, -0.1) is 0 Å². The predicted octanol–water partition coefficient (Wildman–Crippen LogP) is -2.68. The summed E-state index contributed by atoms with van der Waals surface area (Å²) in [5.74, 6) is -2.40. The molecule has 6 amide bonds. The van der Waals surface area contributed by atoms with Crippen LogP contribution >= 0.6 is 0 Å². The zero-order valence-electron chi connectivity index (χ0n) is 18.5. The summed E-state index contributed by atoms with van der Waals surface area (Å²) in [5.41, 5.74) is 0. The summed E-state index contributed by atoms with van der Waals surface area (Å²) in [6.07, 6.45) is 3.35. The summed E-state index contributed by atoms with van der Waals surface area (Å²) in [4.78, 5) is 80.5. The maximum Gasteiger partial charge on any atom is 0.243 e. The smallest absolute Gasteiger partial charge is 0.243 e. The normalized spacial score (nSPS) is 30.2. The van der Waals surface area contributed by atoms with Crippen LogP contribution in [0.1, 0.15) is 38.5 Å². The Labute approximate surface area is 191 Å². The monoisotopic (exact) mass is 462 g/mol. The molecular formula is C21H30N6O6. The molecule has 0 aliphatic carbocycles. The van der Waals surface area contributed by atoms with E-state index in [9.17, 15) is 28.8 Å². The van der Waals surface area contributed by atoms with Crippen LogP contribution in [0.15, 0.2) is 0 Å². The van der Waals surface area contributed by atoms with Crippen molar-refractivity contribution in [1.29, 1.82) is 0 Å². The van der Waals surface area contributed by atoms with Crippen molar-refractivity contribution in [3.8, 4) is 0 Å². The Hall–Kier alpha value is -3.18. The number of carbonyl (C=O) groups excluding carboxylic acids is 6. The van der Waals surface area contributed by atoms with Crippen LogP contribution in [0.5, 0.6) is 0 Å². The number of carbonyl (C=O) groups is 6. The van der Waals surface area contributed by atoms with Gasteiger partial charge in [0.25, 0.3) is 0 Å². The molecule has 4 rings (SSSR count). The zero-order chi connectivity index (χ0) is 23.5. The van der Waals surface area contributed by atoms with Crippen molar-refractivity contribution in [1.82, 2.24) is 30.7 Å². The van der Waals surface area contributed by atoms with Gasteiger partial charge in [0.2, 0.25) is 35.4 Å². The molecule has 4 saturated heterocycles. The van der Waals surface area contributed by atoms with Gasteiger partial charge in [-0.25, -0.2) is 0 Å². The first-order valence-electron chi connectivity index (χ1n) is 11.6. The van der Waals surface area contributed by atoms with E-state index < -0.39 is 35.8 Å². The maximum absolute atomic E-state index is 12.7. The van der Waals surface area contributed by atoms with Crippen molar-refractivity contribution in [3.05, 3.63) is 0 Å². The van der Waals surface area contributed by atoms with E-state index in [0.29, 0.717) is 58.2 Å². The molecule has 0 unspecified atom stereocenters. The predicted molar refractivity (Wildman–Crippen MR) is 113 cm³/mol. The van der Waals surface area contributed by atoms with Gasteiger partial charge in [0.1, 0.15) is 18.1 Å². The summed E-state index contributed by atoms with van der Waals surface area (Å²) in [6.45, 7) is 0.361. The molecule has 4 aliphatic rings. The first-order valence-corrected chi connectivity index (χ1v) is 11.6. The van der Waals surface area contributed by atoms with E-state index in [0.717, 1.165) is 0 Å². The van der Waals surface area contributed by atoms with Crippen molar-refractivity contribution in [2.75, 3.05) is 39.3 Å². The largest absolute Gasteiger partial charge is 0.345 e. The lowest BCUT2D eigenvalue weighted by molar-refractivity contribution is -0.143. The summed E-state index contributed by atoms with van der Waals surface area (Å²) >= 11 is 0. The van der Waals surface area contributed by atoms with Crippen LogP contribution in [-0.2, 0) is 28.8 Å². The van der Waals surface area contributed by atoms with Crippen molar-refractivity contribution >= 4 is 35.4 Å². The Morgan fingerprint density at radius 1 is 0.485 bits per heavy atom. The minimum Gasteiger partial charge on any atom is -0.345 e. The number of nitrogens with one attached hydrogen (secondary N) is 3. The number of rotatable bonds is 0. The summed E-state index contributed by atoms with van der Waals surface area (Å²) in [6, 6.07) is -2.12. The molecule has 33 heavy (non-hydrogen) atoms. The highest BCUT2D eigenvalue weighted by Gasteiger charge is 2.39. The van der Waals surface area contributed by atoms with E-state index in [1.54, 1.807) is 0 Å². The SMILES string of the molecule is O=C1NCC(=O)N2CCC[C@H]2C(=O)NCC(=O)N2CCC[C@@H]2C(=O)NCC(=O)N2CCC[C@H]12. The van der Waals surface area contributed by atoms with E-state index in [-0.39, 0.29) is 37.4 Å². The van der Waals surface area contributed by atoms with Crippen molar-refractivity contribution in [3.63, 3.8) is 0 Å². The second-order valence-electron chi connectivity index (χ2n) is 8.89. The van der Waals surface area contributed by atoms with Gasteiger partial charge in [-0.05, 0) is 38.5 Å². The fourth-order valence-corrected chi connectivity index (χ4v) is 5.16. The van der Waals surface area contributed by atoms with Crippen LogP contribution in [0.25, 0.3) is 0 Å². The van der Waals surface area contributed by atoms with Crippen molar-refractivity contribution < 1.29 is 28.8 Å². The maximum atomic E-state index is 12.7. The molecule has 0 saturated carbocycles. The summed E-state index contributed by atoms with van der Waals surface area (Å²) in [7, 11) is 0. The molecule has 0 radical (unpaired) electrons. The molecule has 180 valence electrons. The van der Waals surface area contributed by atoms with Gasteiger partial charge < -0.3 is 30.7 Å². The van der Waals surface area contributed by atoms with Gasteiger partial charge in [0, 0.05) is 19.6 Å². The highest BCUT2D eigenvalue weighted by Crippen LogP contribution is 2.20. The third-order valence-corrected chi connectivity index (χ3v) is 6.87. The highest BCUT2D eigenvalue weighted by atomic mass is 16.2. The van der Waals surface area contributed by atoms with Crippen LogP contribution < -0.4 is 16.0 Å². The number of hydrogen-bond acceptors (Lipinski definition) is 6. The molecule has 12 nitrogen and oxygen atoms in total. The molecule has 0 aromatic carbocycles. The van der Waals surface area contributed by atoms with Crippen molar-refractivity contribution in [2.24, 2.45) is 0 Å². The molecule has 4 fully saturated rings. The van der Waals surface area contributed by atoms with E-state index in [1.165, 1.54) is 14.7 Å². The molecular weight excluding hydrogens is 432 g/mol. The minimum absolute atomic E-state index is 0.272. The highest BCUT2D eigenvalue weighted by molar-refractivity contribution is 5.96. The number of fused-ring (bicyclic) bond motifs is 3. The fraction of sp³-hybridized carbons (Fsp3) is 0.714. The fourth-order valence-electron chi connectivity index (χ4n) is 5.16. The van der Waals surface area contributed by atoms with Gasteiger partial charge in [0.05, 0.1) is 19.6 Å². The standard InChI is InChI=1S/C21H30N6O6/c28-16-10-23-20(32)14-5-2-9-27(14)18(30)12-24-21(33)15-6-3-8-26(15)17(29)11-22-19(31)13-4-1-7-25(13)16/h13-15H,1-12H2,(H,22,31)(H,23,32)(H,24,33)/t13-,14-,15+/m1/s1. The van der Waals surface area contributed by atoms with Crippen LogP contribution in [0.4, 0.5) is 0 Å². The lowest BCUT2D eigenvalue weighted by Crippen LogP contribution is -2.55. The third-order valence-electron chi connectivity index (χ3n) is 6.87. The van der Waals surface area contributed by atoms with Crippen LogP contribution in [0.2, 0.25) is 0 Å². The topological polar surface area (TPSA) is 148 Å². The van der Waals surface area contributed by atoms with Gasteiger partial charge in [-0.3, -0.25) is 28.8 Å². The molecule has 0 aromatic rings. The Bertz CT molecular complexity index is 687. The molecule has 4 aliphatic heterocycles. The number of hydrogen-bond donors (Lipinski definition) is 3. The first kappa shape index (κ1) is 23.0. The van der Waals surface area contributed by atoms with E-state index >= 15 is 0 Å². The average Bonchev–Trinajstić information content (AvgIpc) is 3.57. The Balaban J connectivity index is 1.53. The Morgan fingerprint density at radius 3 is 1.03 bits per heavy atom. The van der Waals surface area contributed by atoms with Crippen molar-refractivity contribution in [2.45, 2.75) is 56.7 Å². The zero-order valence-corrected chi connectivity index (χ0v) is 18.5. The quantitative estimate of drug-likeness (QED) is 0.357. The second kappa shape index (κ2) is 9.75. The van der Waals surface area contributed by atoms with Crippen LogP contribution in [-0.4, -0.2) is 108 Å². The van der Waals surface area contributed by atoms with Gasteiger partial charge >= 0.3 is 0 Å². The molecule has 12 heteroatoms. The Morgan fingerprint density at radius 2 is 0.758 bits per heavy atom. The summed E-state index contributed by atoms with van der Waals surface area (Å²) < 4.78 is 0. The average molecular weight is 463 g/mol. The van der Waals surface area contributed by atoms with Gasteiger partial charge in [-0.2, -0.15) is 0 Å². The molecule has 4 heterocycles. The van der Waals surface area contributed by atoms with E-state index in [2.05, 4.69) is 16.0 Å². The van der Waals surface area contributed by atoms with Crippen LogP contribution in [0, 0.1) is 0 Å². The Kier molecular flexibility index (Phi) is 6.80. The van der Waals surface area contributed by atoms with Gasteiger partial charge in [-0.1, -0.05) is 0 Å². The number of amides is 6. The molecule has 0 aromatic heterocycles. The third kappa shape index (κ3) is 4.79. The summed E-state index contributed by atoms with van der Waals surface area (Å²) in [5, 5.41) is 7.79. The van der Waals surface area contributed by atoms with E-state index in [4.69, 9.17) is 0 Å². The lowest BCUT2D eigenvalue weighted by atomic mass is 10.2. The van der Waals surface area contributed by atoms with E-state index in [1.807, 2.05) is 0 Å². The minimum atomic E-state index is -0.705. The number of nitrogens with zero attached hydrogens (tertiary/aromatic N) is 3. The first-order chi connectivity index (χ1) is 15.9. The molecule has 3 N–H and O–H groups in total. The molecule has 0 bridgehead atoms. The lowest BCUT2D eigenvalue weighted by Gasteiger charge is -2.28. The van der Waals surface area contributed by atoms with Crippen LogP contribution in [0.3, 0.4) is 0 Å². The molecule has 0 spiro atoms.